The fourth-order valence-corrected chi connectivity index (χ4v) is 1.41. The van der Waals surface area contributed by atoms with E-state index in [0.29, 0.717) is 12.2 Å². The van der Waals surface area contributed by atoms with Crippen LogP contribution in [0.25, 0.3) is 0 Å². The van der Waals surface area contributed by atoms with Crippen molar-refractivity contribution >= 4 is 11.6 Å². The summed E-state index contributed by atoms with van der Waals surface area (Å²) in [5.74, 6) is 5.53. The summed E-state index contributed by atoms with van der Waals surface area (Å²) in [5, 5.41) is 2.74. The predicted octanol–water partition coefficient (Wildman–Crippen LogP) is 0.890. The third-order valence-corrected chi connectivity index (χ3v) is 1.97. The van der Waals surface area contributed by atoms with Crippen LogP contribution in [0.2, 0.25) is 0 Å². The van der Waals surface area contributed by atoms with Gasteiger partial charge in [-0.15, -0.1) is 0 Å². The van der Waals surface area contributed by atoms with E-state index in [2.05, 4.69) is 17.2 Å². The van der Waals surface area contributed by atoms with E-state index in [4.69, 9.17) is 10.5 Å². The molecule has 0 fully saturated rings. The first-order chi connectivity index (χ1) is 8.15. The lowest BCUT2D eigenvalue weighted by molar-refractivity contribution is -0.119. The molecule has 17 heavy (non-hydrogen) atoms. The molecule has 1 amide bonds. The molecule has 1 aromatic carbocycles. The van der Waals surface area contributed by atoms with Gasteiger partial charge >= 0.3 is 0 Å². The van der Waals surface area contributed by atoms with Crippen LogP contribution in [0, 0.1) is 18.8 Å². The fraction of sp³-hybridized carbons (Fsp3) is 0.308. The maximum absolute atomic E-state index is 11.4. The summed E-state index contributed by atoms with van der Waals surface area (Å²) in [6.45, 7) is 2.30. The molecule has 0 bridgehead atoms. The van der Waals surface area contributed by atoms with Crippen molar-refractivity contribution in [3.05, 3.63) is 29.3 Å². The van der Waals surface area contributed by atoms with Crippen LogP contribution >= 0.6 is 0 Å². The first kappa shape index (κ1) is 13.2. The molecule has 0 spiro atoms. The van der Waals surface area contributed by atoms with Gasteiger partial charge in [0.1, 0.15) is 6.61 Å². The summed E-state index contributed by atoms with van der Waals surface area (Å²) in [5.41, 5.74) is 7.89. The van der Waals surface area contributed by atoms with Gasteiger partial charge in [-0.25, -0.2) is 0 Å². The second kappa shape index (κ2) is 6.69. The smallest absolute Gasteiger partial charge is 0.250 e. The van der Waals surface area contributed by atoms with Gasteiger partial charge in [0.15, 0.2) is 0 Å². The van der Waals surface area contributed by atoms with Crippen LogP contribution in [0.4, 0.5) is 5.69 Å². The quantitative estimate of drug-likeness (QED) is 0.761. The highest BCUT2D eigenvalue weighted by Crippen LogP contribution is 2.13. The zero-order valence-electron chi connectivity index (χ0n) is 10.0. The molecule has 0 radical (unpaired) electrons. The van der Waals surface area contributed by atoms with E-state index in [1.165, 1.54) is 7.11 Å². The largest absolute Gasteiger partial charge is 0.375 e. The standard InChI is InChI=1S/C13H16N2O2/c1-10-6-11(4-3-5-14)8-12(7-10)15-13(16)9-17-2/h6-8H,5,9,14H2,1-2H3,(H,15,16). The van der Waals surface area contributed by atoms with Crippen LogP contribution in [0.3, 0.4) is 0 Å². The Morgan fingerprint density at radius 2 is 2.24 bits per heavy atom. The molecule has 0 aliphatic carbocycles. The lowest BCUT2D eigenvalue weighted by Crippen LogP contribution is -2.17. The number of carbonyl (C=O) groups excluding carboxylic acids is 1. The molecule has 0 unspecified atom stereocenters. The minimum Gasteiger partial charge on any atom is -0.375 e. The Hall–Kier alpha value is -1.83. The first-order valence-corrected chi connectivity index (χ1v) is 5.25. The molecule has 0 aliphatic heterocycles. The Kier molecular flexibility index (Phi) is 5.21. The van der Waals surface area contributed by atoms with Crippen LogP contribution in [0.5, 0.6) is 0 Å². The molecule has 1 rings (SSSR count). The van der Waals surface area contributed by atoms with Crippen molar-refractivity contribution in [2.45, 2.75) is 6.92 Å². The van der Waals surface area contributed by atoms with Gasteiger partial charge in [-0.1, -0.05) is 11.8 Å². The summed E-state index contributed by atoms with van der Waals surface area (Å²) in [4.78, 5) is 11.4. The Bertz CT molecular complexity index is 458. The van der Waals surface area contributed by atoms with E-state index in [-0.39, 0.29) is 12.5 Å². The van der Waals surface area contributed by atoms with Gasteiger partial charge in [-0.05, 0) is 30.7 Å². The second-order valence-corrected chi connectivity index (χ2v) is 3.57. The number of methoxy groups -OCH3 is 1. The van der Waals surface area contributed by atoms with Crippen molar-refractivity contribution in [2.24, 2.45) is 5.73 Å². The van der Waals surface area contributed by atoms with E-state index in [9.17, 15) is 4.79 Å². The predicted molar refractivity (Wildman–Crippen MR) is 67.6 cm³/mol. The monoisotopic (exact) mass is 232 g/mol. The van der Waals surface area contributed by atoms with Crippen LogP contribution in [0.1, 0.15) is 11.1 Å². The van der Waals surface area contributed by atoms with Crippen molar-refractivity contribution in [2.75, 3.05) is 25.6 Å². The number of ether oxygens (including phenoxy) is 1. The third-order valence-electron chi connectivity index (χ3n) is 1.97. The Balaban J connectivity index is 2.85. The van der Waals surface area contributed by atoms with Crippen LogP contribution in [-0.4, -0.2) is 26.2 Å². The third kappa shape index (κ3) is 4.68. The zero-order chi connectivity index (χ0) is 12.7. The van der Waals surface area contributed by atoms with Crippen LogP contribution < -0.4 is 11.1 Å². The van der Waals surface area contributed by atoms with Crippen molar-refractivity contribution in [3.63, 3.8) is 0 Å². The van der Waals surface area contributed by atoms with Crippen molar-refractivity contribution in [1.82, 2.24) is 0 Å². The Labute approximate surface area is 101 Å². The molecular weight excluding hydrogens is 216 g/mol. The number of hydrogen-bond donors (Lipinski definition) is 2. The van der Waals surface area contributed by atoms with Crippen LogP contribution in [-0.2, 0) is 9.53 Å². The molecule has 4 heteroatoms. The normalized spacial score (nSPS) is 9.35. The number of nitrogens with two attached hydrogens (primary N) is 1. The Morgan fingerprint density at radius 1 is 1.47 bits per heavy atom. The number of anilines is 1. The highest BCUT2D eigenvalue weighted by atomic mass is 16.5. The lowest BCUT2D eigenvalue weighted by Gasteiger charge is -2.06. The summed E-state index contributed by atoms with van der Waals surface area (Å²) in [6, 6.07) is 5.62. The van der Waals surface area contributed by atoms with Gasteiger partial charge in [0, 0.05) is 18.4 Å². The number of benzene rings is 1. The molecule has 3 N–H and O–H groups in total. The topological polar surface area (TPSA) is 64.3 Å². The molecular formula is C13H16N2O2. The summed E-state index contributed by atoms with van der Waals surface area (Å²) >= 11 is 0. The highest BCUT2D eigenvalue weighted by Gasteiger charge is 2.02. The van der Waals surface area contributed by atoms with Crippen molar-refractivity contribution < 1.29 is 9.53 Å². The fourth-order valence-electron chi connectivity index (χ4n) is 1.41. The molecule has 0 aliphatic rings. The molecule has 90 valence electrons. The van der Waals surface area contributed by atoms with Crippen molar-refractivity contribution in [1.29, 1.82) is 0 Å². The summed E-state index contributed by atoms with van der Waals surface area (Å²) < 4.78 is 4.74. The lowest BCUT2D eigenvalue weighted by atomic mass is 10.1. The minimum absolute atomic E-state index is 0.0394. The summed E-state index contributed by atoms with van der Waals surface area (Å²) in [7, 11) is 1.48. The number of amides is 1. The van der Waals surface area contributed by atoms with Gasteiger partial charge < -0.3 is 15.8 Å². The van der Waals surface area contributed by atoms with E-state index in [1.807, 2.05) is 25.1 Å². The maximum atomic E-state index is 11.4. The van der Waals surface area contributed by atoms with E-state index in [1.54, 1.807) is 0 Å². The highest BCUT2D eigenvalue weighted by molar-refractivity contribution is 5.91. The van der Waals surface area contributed by atoms with Crippen molar-refractivity contribution in [3.8, 4) is 11.8 Å². The average molecular weight is 232 g/mol. The molecule has 1 aromatic rings. The van der Waals surface area contributed by atoms with Gasteiger partial charge in [-0.2, -0.15) is 0 Å². The van der Waals surface area contributed by atoms with E-state index in [0.717, 1.165) is 11.1 Å². The molecule has 0 saturated heterocycles. The molecule has 0 aromatic heterocycles. The molecule has 0 saturated carbocycles. The average Bonchev–Trinajstić information content (AvgIpc) is 2.25. The van der Waals surface area contributed by atoms with Gasteiger partial charge in [0.2, 0.25) is 5.91 Å². The van der Waals surface area contributed by atoms with Gasteiger partial charge in [0.25, 0.3) is 0 Å². The number of nitrogens with one attached hydrogen (secondary N) is 1. The second-order valence-electron chi connectivity index (χ2n) is 3.57. The number of carbonyl (C=O) groups is 1. The van der Waals surface area contributed by atoms with Crippen LogP contribution in [0.15, 0.2) is 18.2 Å². The maximum Gasteiger partial charge on any atom is 0.250 e. The van der Waals surface area contributed by atoms with E-state index >= 15 is 0 Å². The van der Waals surface area contributed by atoms with E-state index < -0.39 is 0 Å². The minimum atomic E-state index is -0.184. The molecule has 4 nitrogen and oxygen atoms in total. The summed E-state index contributed by atoms with van der Waals surface area (Å²) in [6.07, 6.45) is 0. The first-order valence-electron chi connectivity index (χ1n) is 5.25. The SMILES string of the molecule is COCC(=O)Nc1cc(C)cc(C#CCN)c1. The molecule has 0 heterocycles. The number of aryl methyl sites for hydroxylation is 1. The number of hydrogen-bond acceptors (Lipinski definition) is 3. The van der Waals surface area contributed by atoms with Gasteiger partial charge in [0.05, 0.1) is 6.54 Å². The molecule has 0 atom stereocenters. The zero-order valence-corrected chi connectivity index (χ0v) is 10.0. The Morgan fingerprint density at radius 3 is 2.88 bits per heavy atom. The number of rotatable bonds is 3. The van der Waals surface area contributed by atoms with Gasteiger partial charge in [-0.3, -0.25) is 4.79 Å².